The highest BCUT2D eigenvalue weighted by atomic mass is 16.5. The molecule has 0 atom stereocenters. The van der Waals surface area contributed by atoms with E-state index in [1.54, 1.807) is 49.4 Å². The Morgan fingerprint density at radius 3 is 2.58 bits per heavy atom. The van der Waals surface area contributed by atoms with E-state index in [0.717, 1.165) is 10.2 Å². The Bertz CT molecular complexity index is 1390. The van der Waals surface area contributed by atoms with Crippen LogP contribution < -0.4 is 20.3 Å². The Balaban J connectivity index is 2.02. The van der Waals surface area contributed by atoms with Gasteiger partial charge in [-0.3, -0.25) is 4.79 Å². The lowest BCUT2D eigenvalue weighted by Crippen LogP contribution is -2.26. The average Bonchev–Trinajstić information content (AvgIpc) is 2.82. The van der Waals surface area contributed by atoms with Gasteiger partial charge in [0.05, 0.1) is 30.9 Å². The minimum atomic E-state index is -0.617. The molecule has 0 spiro atoms. The Morgan fingerprint density at radius 2 is 1.94 bits per heavy atom. The lowest BCUT2D eigenvalue weighted by molar-refractivity contribution is 0.358. The molecule has 3 rings (SSSR count). The molecule has 0 bridgehead atoms. The van der Waals surface area contributed by atoms with E-state index < -0.39 is 5.56 Å². The number of anilines is 2. The highest BCUT2D eigenvalue weighted by Gasteiger charge is 2.16. The van der Waals surface area contributed by atoms with Crippen LogP contribution in [0.25, 0.3) is 6.08 Å². The first-order valence-corrected chi connectivity index (χ1v) is 9.55. The van der Waals surface area contributed by atoms with Gasteiger partial charge >= 0.3 is 11.6 Å². The lowest BCUT2D eigenvalue weighted by atomic mass is 10.1. The molecule has 0 amide bonds. The third kappa shape index (κ3) is 5.32. The molecule has 1 N–H and O–H groups in total. The number of rotatable bonds is 7. The van der Waals surface area contributed by atoms with Crippen LogP contribution in [-0.2, 0) is 6.54 Å². The third-order valence-electron chi connectivity index (χ3n) is 4.37. The molecule has 1 heterocycles. The minimum absolute atomic E-state index is 0.106. The number of nitriles is 3. The number of benzene rings is 2. The van der Waals surface area contributed by atoms with E-state index in [1.165, 1.54) is 13.2 Å². The van der Waals surface area contributed by atoms with Crippen molar-refractivity contribution in [2.24, 2.45) is 0 Å². The fourth-order valence-corrected chi connectivity index (χ4v) is 2.87. The topological polar surface area (TPSA) is 150 Å². The van der Waals surface area contributed by atoms with Gasteiger partial charge in [-0.05, 0) is 60.5 Å². The number of aromatic nitrogens is 3. The van der Waals surface area contributed by atoms with Crippen LogP contribution in [0, 0.1) is 40.9 Å². The molecule has 162 valence electrons. The molecule has 0 saturated heterocycles. The van der Waals surface area contributed by atoms with Crippen LogP contribution in [0.2, 0.25) is 0 Å². The maximum atomic E-state index is 12.7. The first-order valence-electron chi connectivity index (χ1n) is 9.55. The molecular formula is C23H17N7O3. The summed E-state index contributed by atoms with van der Waals surface area (Å²) in [5.41, 5.74) is 1.77. The SMILES string of the molecule is COc1cc(C=CC#N)cc(C)c1Oc1nc(Nc2ccc(C#N)cc2)c(=O)n(CC#N)n1. The van der Waals surface area contributed by atoms with Gasteiger partial charge < -0.3 is 14.8 Å². The van der Waals surface area contributed by atoms with Crippen molar-refractivity contribution in [2.45, 2.75) is 13.5 Å². The predicted molar refractivity (Wildman–Crippen MR) is 119 cm³/mol. The smallest absolute Gasteiger partial charge is 0.341 e. The number of hydrogen-bond acceptors (Lipinski definition) is 9. The van der Waals surface area contributed by atoms with Crippen molar-refractivity contribution in [3.05, 3.63) is 69.5 Å². The van der Waals surface area contributed by atoms with Crippen molar-refractivity contribution in [2.75, 3.05) is 12.4 Å². The minimum Gasteiger partial charge on any atom is -0.493 e. The van der Waals surface area contributed by atoms with Gasteiger partial charge in [0.1, 0.15) is 6.54 Å². The number of methoxy groups -OCH3 is 1. The van der Waals surface area contributed by atoms with Crippen LogP contribution in [0.5, 0.6) is 17.5 Å². The maximum Gasteiger partial charge on any atom is 0.341 e. The average molecular weight is 439 g/mol. The molecule has 10 nitrogen and oxygen atoms in total. The van der Waals surface area contributed by atoms with Crippen LogP contribution in [0.4, 0.5) is 11.5 Å². The van der Waals surface area contributed by atoms with E-state index in [2.05, 4.69) is 15.4 Å². The number of ether oxygens (including phenoxy) is 2. The summed E-state index contributed by atoms with van der Waals surface area (Å²) in [5.74, 6) is 0.582. The molecule has 10 heteroatoms. The van der Waals surface area contributed by atoms with E-state index in [1.807, 2.05) is 18.2 Å². The summed E-state index contributed by atoms with van der Waals surface area (Å²) >= 11 is 0. The second kappa shape index (κ2) is 10.3. The second-order valence-electron chi connectivity index (χ2n) is 6.61. The van der Waals surface area contributed by atoms with Crippen LogP contribution in [0.1, 0.15) is 16.7 Å². The molecule has 2 aromatic carbocycles. The predicted octanol–water partition coefficient (Wildman–Crippen LogP) is 3.42. The van der Waals surface area contributed by atoms with E-state index in [0.29, 0.717) is 28.3 Å². The van der Waals surface area contributed by atoms with Gasteiger partial charge in [0, 0.05) is 11.8 Å². The monoisotopic (exact) mass is 439 g/mol. The summed E-state index contributed by atoms with van der Waals surface area (Å²) in [6.07, 6.45) is 2.97. The zero-order chi connectivity index (χ0) is 23.8. The lowest BCUT2D eigenvalue weighted by Gasteiger charge is -2.14. The Hall–Kier alpha value is -5.14. The Kier molecular flexibility index (Phi) is 7.00. The normalized spacial score (nSPS) is 10.2. The first-order chi connectivity index (χ1) is 16.0. The van der Waals surface area contributed by atoms with Gasteiger partial charge in [-0.2, -0.15) is 20.8 Å². The van der Waals surface area contributed by atoms with Crippen LogP contribution >= 0.6 is 0 Å². The maximum absolute atomic E-state index is 12.7. The number of nitrogens with zero attached hydrogens (tertiary/aromatic N) is 6. The van der Waals surface area contributed by atoms with Crippen molar-refractivity contribution in [3.8, 4) is 35.7 Å². The summed E-state index contributed by atoms with van der Waals surface area (Å²) in [6.45, 7) is 1.47. The molecule has 3 aromatic rings. The molecule has 0 fully saturated rings. The highest BCUT2D eigenvalue weighted by Crippen LogP contribution is 2.35. The van der Waals surface area contributed by atoms with Crippen molar-refractivity contribution in [1.82, 2.24) is 14.8 Å². The Morgan fingerprint density at radius 1 is 1.18 bits per heavy atom. The van der Waals surface area contributed by atoms with Gasteiger partial charge in [0.2, 0.25) is 5.82 Å². The van der Waals surface area contributed by atoms with E-state index in [-0.39, 0.29) is 18.4 Å². The van der Waals surface area contributed by atoms with Gasteiger partial charge in [-0.1, -0.05) is 0 Å². The van der Waals surface area contributed by atoms with Crippen LogP contribution in [0.3, 0.4) is 0 Å². The molecule has 0 aliphatic carbocycles. The third-order valence-corrected chi connectivity index (χ3v) is 4.37. The molecular weight excluding hydrogens is 422 g/mol. The van der Waals surface area contributed by atoms with Gasteiger partial charge in [-0.25, -0.2) is 4.68 Å². The van der Waals surface area contributed by atoms with E-state index in [4.69, 9.17) is 25.3 Å². The number of allylic oxidation sites excluding steroid dienone is 1. The zero-order valence-corrected chi connectivity index (χ0v) is 17.7. The largest absolute Gasteiger partial charge is 0.493 e. The van der Waals surface area contributed by atoms with Crippen LogP contribution in [-0.4, -0.2) is 21.9 Å². The molecule has 0 aliphatic heterocycles. The summed E-state index contributed by atoms with van der Waals surface area (Å²) in [7, 11) is 1.47. The highest BCUT2D eigenvalue weighted by molar-refractivity contribution is 5.61. The second-order valence-corrected chi connectivity index (χ2v) is 6.61. The summed E-state index contributed by atoms with van der Waals surface area (Å²) in [4.78, 5) is 16.9. The Labute approximate surface area is 189 Å². The first kappa shape index (κ1) is 22.5. The number of aryl methyl sites for hydroxylation is 1. The van der Waals surface area contributed by atoms with Crippen molar-refractivity contribution >= 4 is 17.6 Å². The summed E-state index contributed by atoms with van der Waals surface area (Å²) < 4.78 is 12.2. The number of nitrogens with one attached hydrogen (secondary N) is 1. The standard InChI is InChI=1S/C23H17N7O3/c1-15-12-17(4-3-9-24)13-19(32-2)20(15)33-23-28-21(22(31)30(29-23)11-10-25)27-18-7-5-16(14-26)6-8-18/h3-8,12-13H,11H2,1-2H3,(H,27,28,29). The van der Waals surface area contributed by atoms with Gasteiger partial charge in [-0.15, -0.1) is 5.10 Å². The van der Waals surface area contributed by atoms with Crippen molar-refractivity contribution in [3.63, 3.8) is 0 Å². The fraction of sp³-hybridized carbons (Fsp3) is 0.130. The molecule has 0 radical (unpaired) electrons. The van der Waals surface area contributed by atoms with Crippen LogP contribution in [0.15, 0.2) is 47.3 Å². The van der Waals surface area contributed by atoms with Crippen molar-refractivity contribution < 1.29 is 9.47 Å². The summed E-state index contributed by atoms with van der Waals surface area (Å²) in [5, 5.41) is 33.7. The number of hydrogen-bond donors (Lipinski definition) is 1. The molecule has 0 unspecified atom stereocenters. The van der Waals surface area contributed by atoms with Gasteiger partial charge in [0.15, 0.2) is 11.5 Å². The quantitative estimate of drug-likeness (QED) is 0.546. The van der Waals surface area contributed by atoms with E-state index in [9.17, 15) is 4.79 Å². The fourth-order valence-electron chi connectivity index (χ4n) is 2.87. The molecule has 1 aromatic heterocycles. The zero-order valence-electron chi connectivity index (χ0n) is 17.7. The molecule has 33 heavy (non-hydrogen) atoms. The van der Waals surface area contributed by atoms with Crippen molar-refractivity contribution in [1.29, 1.82) is 15.8 Å². The molecule has 0 saturated carbocycles. The molecule has 0 aliphatic rings. The summed E-state index contributed by atoms with van der Waals surface area (Å²) in [6, 6.07) is 15.5. The van der Waals surface area contributed by atoms with E-state index >= 15 is 0 Å². The van der Waals surface area contributed by atoms with Gasteiger partial charge in [0.25, 0.3) is 0 Å².